The summed E-state index contributed by atoms with van der Waals surface area (Å²) in [6.07, 6.45) is -6.87. The summed E-state index contributed by atoms with van der Waals surface area (Å²) in [7, 11) is 0. The van der Waals surface area contributed by atoms with Crippen molar-refractivity contribution in [1.82, 2.24) is 15.7 Å². The third kappa shape index (κ3) is 10.0. The van der Waals surface area contributed by atoms with Crippen LogP contribution in [0.1, 0.15) is 68.7 Å². The molecule has 342 valence electrons. The first-order valence-corrected chi connectivity index (χ1v) is 20.9. The predicted octanol–water partition coefficient (Wildman–Crippen LogP) is 4.40. The van der Waals surface area contributed by atoms with Crippen LogP contribution >= 0.6 is 0 Å². The summed E-state index contributed by atoms with van der Waals surface area (Å²) in [5.41, 5.74) is -0.248. The molecule has 15 nitrogen and oxygen atoms in total. The summed E-state index contributed by atoms with van der Waals surface area (Å²) >= 11 is 0. The first-order valence-electron chi connectivity index (χ1n) is 20.9. The van der Waals surface area contributed by atoms with Gasteiger partial charge in [-0.2, -0.15) is 18.2 Å². The molecule has 7 rings (SSSR count). The summed E-state index contributed by atoms with van der Waals surface area (Å²) in [5.74, 6) is -5.15. The third-order valence-electron chi connectivity index (χ3n) is 11.4. The van der Waals surface area contributed by atoms with Crippen molar-refractivity contribution in [2.75, 3.05) is 19.8 Å². The molecule has 1 aliphatic carbocycles. The Hall–Kier alpha value is -5.66. The molecule has 7 atom stereocenters. The number of hydroxylamine groups is 2. The highest BCUT2D eigenvalue weighted by molar-refractivity contribution is 5.94. The molecule has 3 saturated heterocycles. The molecule has 2 bridgehead atoms. The first-order chi connectivity index (χ1) is 30.4. The van der Waals surface area contributed by atoms with Gasteiger partial charge in [0.05, 0.1) is 19.2 Å². The predicted molar refractivity (Wildman–Crippen MR) is 219 cm³/mol. The zero-order valence-corrected chi connectivity index (χ0v) is 35.4. The highest BCUT2D eigenvalue weighted by Crippen LogP contribution is 2.59. The molecule has 3 heterocycles. The van der Waals surface area contributed by atoms with Gasteiger partial charge in [0.1, 0.15) is 35.4 Å². The summed E-state index contributed by atoms with van der Waals surface area (Å²) in [5, 5.41) is 16.8. The van der Waals surface area contributed by atoms with E-state index < -0.39 is 102 Å². The minimum absolute atomic E-state index is 0.0440. The number of esters is 3. The van der Waals surface area contributed by atoms with E-state index in [4.69, 9.17) is 23.8 Å². The van der Waals surface area contributed by atoms with Gasteiger partial charge in [0.25, 0.3) is 0 Å². The van der Waals surface area contributed by atoms with E-state index in [1.807, 2.05) is 60.7 Å². The van der Waals surface area contributed by atoms with E-state index in [-0.39, 0.29) is 38.8 Å². The number of fused-ring (bicyclic) bond motifs is 4. The van der Waals surface area contributed by atoms with Crippen molar-refractivity contribution in [3.63, 3.8) is 0 Å². The second kappa shape index (κ2) is 18.8. The minimum Gasteiger partial charge on any atom is -0.460 e. The Kier molecular flexibility index (Phi) is 13.6. The smallest absolute Gasteiger partial charge is 0.422 e. The Morgan fingerprint density at radius 1 is 0.922 bits per heavy atom. The van der Waals surface area contributed by atoms with Crippen LogP contribution in [0, 0.1) is 5.41 Å². The number of hydrogen-bond donors (Lipinski definition) is 3. The number of rotatable bonds is 16. The largest absolute Gasteiger partial charge is 0.460 e. The first kappa shape index (κ1) is 46.3. The molecule has 0 aromatic heterocycles. The molecule has 4 aliphatic rings. The molecule has 3 aliphatic heterocycles. The fourth-order valence-electron chi connectivity index (χ4n) is 8.70. The van der Waals surface area contributed by atoms with Crippen molar-refractivity contribution in [1.29, 1.82) is 0 Å². The number of halogens is 3. The maximum absolute atomic E-state index is 14.9. The molecule has 1 saturated carbocycles. The molecule has 3 aromatic carbocycles. The Morgan fingerprint density at radius 3 is 2.20 bits per heavy atom. The number of carbonyl (C=O) groups is 5. The van der Waals surface area contributed by atoms with Crippen LogP contribution in [0.15, 0.2) is 91.0 Å². The molecule has 4 fully saturated rings. The number of aliphatic hydroxyl groups is 1. The average molecular weight is 894 g/mol. The Morgan fingerprint density at radius 2 is 1.56 bits per heavy atom. The van der Waals surface area contributed by atoms with E-state index in [1.54, 1.807) is 45.0 Å². The van der Waals surface area contributed by atoms with E-state index in [0.29, 0.717) is 22.3 Å². The lowest BCUT2D eigenvalue weighted by molar-refractivity contribution is -0.213. The van der Waals surface area contributed by atoms with Crippen LogP contribution in [-0.2, 0) is 64.8 Å². The topological polar surface area (TPSA) is 188 Å². The number of hydrogen-bond acceptors (Lipinski definition) is 13. The maximum Gasteiger partial charge on any atom is 0.422 e. The van der Waals surface area contributed by atoms with Gasteiger partial charge in [-0.3, -0.25) is 24.0 Å². The molecule has 3 aromatic rings. The van der Waals surface area contributed by atoms with Crippen molar-refractivity contribution < 1.29 is 70.8 Å². The monoisotopic (exact) mass is 893 g/mol. The van der Waals surface area contributed by atoms with Crippen LogP contribution < -0.4 is 10.6 Å². The lowest BCUT2D eigenvalue weighted by Gasteiger charge is -2.48. The molecular weight excluding hydrogens is 844 g/mol. The molecule has 0 spiro atoms. The van der Waals surface area contributed by atoms with Gasteiger partial charge < -0.3 is 39.4 Å². The van der Waals surface area contributed by atoms with Gasteiger partial charge >= 0.3 is 24.1 Å². The zero-order valence-electron chi connectivity index (χ0n) is 35.4. The van der Waals surface area contributed by atoms with Gasteiger partial charge in [-0.1, -0.05) is 84.9 Å². The molecule has 3 N–H and O–H groups in total. The van der Waals surface area contributed by atoms with Crippen LogP contribution in [0.25, 0.3) is 6.08 Å². The number of amides is 2. The van der Waals surface area contributed by atoms with Crippen molar-refractivity contribution in [2.45, 2.75) is 107 Å². The van der Waals surface area contributed by atoms with Crippen molar-refractivity contribution in [3.8, 4) is 0 Å². The minimum atomic E-state index is -4.71. The average Bonchev–Trinajstić information content (AvgIpc) is 3.83. The van der Waals surface area contributed by atoms with Crippen LogP contribution in [0.5, 0.6) is 0 Å². The van der Waals surface area contributed by atoms with Gasteiger partial charge in [0, 0.05) is 43.0 Å². The Labute approximate surface area is 367 Å². The molecule has 64 heavy (non-hydrogen) atoms. The molecular formula is C46H50F3N3O12. The second-order valence-electron chi connectivity index (χ2n) is 17.1. The van der Waals surface area contributed by atoms with Gasteiger partial charge in [-0.15, -0.1) is 0 Å². The summed E-state index contributed by atoms with van der Waals surface area (Å²) in [6, 6.07) is 22.8. The number of carbonyl (C=O) groups excluding carboxylic acids is 5. The van der Waals surface area contributed by atoms with Crippen molar-refractivity contribution in [3.05, 3.63) is 113 Å². The highest BCUT2D eigenvalue weighted by atomic mass is 19.4. The van der Waals surface area contributed by atoms with Crippen LogP contribution in [0.3, 0.4) is 0 Å². The highest BCUT2D eigenvalue weighted by Gasteiger charge is 2.76. The summed E-state index contributed by atoms with van der Waals surface area (Å²) < 4.78 is 67.7. The summed E-state index contributed by atoms with van der Waals surface area (Å²) in [6.45, 7) is 2.64. The fraction of sp³-hybridized carbons (Fsp3) is 0.457. The zero-order chi connectivity index (χ0) is 45.9. The molecule has 18 heteroatoms. The summed E-state index contributed by atoms with van der Waals surface area (Å²) in [4.78, 5) is 73.4. The Bertz CT molecular complexity index is 2180. The molecule has 2 amide bonds. The molecule has 0 unspecified atom stereocenters. The molecule has 0 radical (unpaired) electrons. The van der Waals surface area contributed by atoms with E-state index in [0.717, 1.165) is 6.08 Å². The number of ether oxygens (including phenoxy) is 5. The SMILES string of the molecule is CC(C)(C)OC(=O)CC[C@@H](CO)NC(=O)CCNC(=O)[C@@]12C[C@H]3OC(=O)[C@@H]1N(Cc1ccccc1C=CC(=O)OCC(F)(F)F)O[C@@H]2[C@H]1OC(c2ccccc2)(c2ccccc2)O[C@H]13. The van der Waals surface area contributed by atoms with E-state index in [9.17, 15) is 42.3 Å². The quantitative estimate of drug-likeness (QED) is 0.105. The van der Waals surface area contributed by atoms with E-state index in [2.05, 4.69) is 15.4 Å². The Balaban J connectivity index is 1.16. The number of nitrogens with one attached hydrogen (secondary N) is 2. The maximum atomic E-state index is 14.9. The fourth-order valence-corrected chi connectivity index (χ4v) is 8.70. The lowest BCUT2D eigenvalue weighted by Crippen LogP contribution is -2.69. The van der Waals surface area contributed by atoms with Gasteiger partial charge in [-0.05, 0) is 44.4 Å². The van der Waals surface area contributed by atoms with Gasteiger partial charge in [0.15, 0.2) is 12.6 Å². The number of nitrogens with zero attached hydrogens (tertiary/aromatic N) is 1. The second-order valence-corrected chi connectivity index (χ2v) is 17.1. The van der Waals surface area contributed by atoms with Gasteiger partial charge in [0.2, 0.25) is 17.6 Å². The van der Waals surface area contributed by atoms with Gasteiger partial charge in [-0.25, -0.2) is 4.79 Å². The number of benzene rings is 3. The van der Waals surface area contributed by atoms with Crippen LogP contribution in [-0.4, -0.2) is 108 Å². The number of aliphatic hydroxyl groups excluding tert-OH is 1. The van der Waals surface area contributed by atoms with Crippen molar-refractivity contribution in [2.24, 2.45) is 5.41 Å². The lowest BCUT2D eigenvalue weighted by atomic mass is 9.62. The standard InChI is InChI=1S/C46H50F3N3O12/c1-43(2,3)61-36(56)21-19-32(26-53)51-34(54)22-23-50-42(58)44-24-33-37-38(63-46(62-37,30-14-6-4-7-15-30)31-16-8-5-9-17-31)40(44)64-52(39(44)41(57)60-33)25-29-13-11-10-12-28(29)18-20-35(55)59-27-45(47,48)49/h4-18,20,32-33,37-40,53H,19,21-27H2,1-3H3,(H,50,58)(H,51,54)/t32-,33+,37-,38-,39-,40+,44-/m0/s1. The van der Waals surface area contributed by atoms with E-state index >= 15 is 0 Å². The van der Waals surface area contributed by atoms with E-state index in [1.165, 1.54) is 11.1 Å². The van der Waals surface area contributed by atoms with Crippen molar-refractivity contribution >= 4 is 35.8 Å². The van der Waals surface area contributed by atoms with Crippen LogP contribution in [0.2, 0.25) is 0 Å². The number of alkyl halides is 3. The van der Waals surface area contributed by atoms with Crippen LogP contribution in [0.4, 0.5) is 13.2 Å². The normalized spacial score (nSPS) is 25.2. The third-order valence-corrected chi connectivity index (χ3v) is 11.4.